The van der Waals surface area contributed by atoms with Gasteiger partial charge in [0, 0.05) is 10.9 Å². The molecule has 23 heavy (non-hydrogen) atoms. The predicted octanol–water partition coefficient (Wildman–Crippen LogP) is 4.64. The molecule has 3 heteroatoms. The third-order valence-electron chi connectivity index (χ3n) is 6.41. The highest BCUT2D eigenvalue weighted by atomic mass is 79.9. The van der Waals surface area contributed by atoms with Gasteiger partial charge in [-0.05, 0) is 61.8 Å². The normalized spacial score (nSPS) is 39.2. The summed E-state index contributed by atoms with van der Waals surface area (Å²) in [4.78, 5) is 13.0. The summed E-state index contributed by atoms with van der Waals surface area (Å²) < 4.78 is 0.249. The van der Waals surface area contributed by atoms with Crippen LogP contribution < -0.4 is 5.32 Å². The number of nitrogens with one attached hydrogen (secondary N) is 1. The summed E-state index contributed by atoms with van der Waals surface area (Å²) in [5.74, 6) is 2.20. The van der Waals surface area contributed by atoms with Gasteiger partial charge in [0.2, 0.25) is 5.91 Å². The third kappa shape index (κ3) is 2.86. The first-order chi connectivity index (χ1) is 11.0. The second kappa shape index (κ2) is 5.61. The Hall–Kier alpha value is -0.830. The number of hydrogen-bond donors (Lipinski definition) is 1. The SMILES string of the molecule is CC(CNC(=O)C12CC3CC(CC(Br)(C3)C1)C2)c1ccccc1. The molecule has 0 aromatic heterocycles. The molecule has 0 spiro atoms. The molecule has 4 saturated carbocycles. The zero-order valence-corrected chi connectivity index (χ0v) is 15.4. The molecule has 0 saturated heterocycles. The summed E-state index contributed by atoms with van der Waals surface area (Å²) >= 11 is 4.00. The Morgan fingerprint density at radius 2 is 1.87 bits per heavy atom. The van der Waals surface area contributed by atoms with Gasteiger partial charge in [-0.1, -0.05) is 53.2 Å². The highest BCUT2D eigenvalue weighted by Crippen LogP contribution is 2.64. The second-order valence-electron chi connectivity index (χ2n) is 8.41. The maximum Gasteiger partial charge on any atom is 0.226 e. The van der Waals surface area contributed by atoms with Gasteiger partial charge in [0.25, 0.3) is 0 Å². The Morgan fingerprint density at radius 3 is 2.48 bits per heavy atom. The van der Waals surface area contributed by atoms with Crippen molar-refractivity contribution in [2.24, 2.45) is 17.3 Å². The van der Waals surface area contributed by atoms with Crippen LogP contribution in [0.4, 0.5) is 0 Å². The molecule has 5 rings (SSSR count). The van der Waals surface area contributed by atoms with E-state index >= 15 is 0 Å². The molecule has 3 unspecified atom stereocenters. The molecule has 4 aliphatic rings. The van der Waals surface area contributed by atoms with E-state index in [4.69, 9.17) is 0 Å². The molecule has 1 N–H and O–H groups in total. The van der Waals surface area contributed by atoms with E-state index in [0.717, 1.165) is 37.6 Å². The van der Waals surface area contributed by atoms with Crippen LogP contribution in [0.25, 0.3) is 0 Å². The molecule has 0 heterocycles. The fourth-order valence-electron chi connectivity index (χ4n) is 5.75. The fraction of sp³-hybridized carbons (Fsp3) is 0.650. The average Bonchev–Trinajstić information content (AvgIpc) is 2.50. The van der Waals surface area contributed by atoms with E-state index in [1.54, 1.807) is 0 Å². The maximum absolute atomic E-state index is 13.0. The number of halogens is 1. The number of carbonyl (C=O) groups is 1. The van der Waals surface area contributed by atoms with Crippen molar-refractivity contribution >= 4 is 21.8 Å². The van der Waals surface area contributed by atoms with E-state index in [0.29, 0.717) is 11.8 Å². The molecular formula is C20H26BrNO. The van der Waals surface area contributed by atoms with Crippen LogP contribution in [0, 0.1) is 17.3 Å². The van der Waals surface area contributed by atoms with Crippen LogP contribution in [0.15, 0.2) is 30.3 Å². The van der Waals surface area contributed by atoms with Crippen LogP contribution in [0.1, 0.15) is 56.9 Å². The molecule has 4 fully saturated rings. The topological polar surface area (TPSA) is 29.1 Å². The summed E-state index contributed by atoms with van der Waals surface area (Å²) in [6.45, 7) is 2.94. The summed E-state index contributed by atoms with van der Waals surface area (Å²) in [5, 5.41) is 3.30. The lowest BCUT2D eigenvalue weighted by Crippen LogP contribution is -2.58. The van der Waals surface area contributed by atoms with E-state index in [1.165, 1.54) is 24.8 Å². The molecule has 4 aliphatic carbocycles. The Morgan fingerprint density at radius 1 is 1.22 bits per heavy atom. The number of amides is 1. The molecule has 3 atom stereocenters. The first-order valence-electron chi connectivity index (χ1n) is 9.00. The molecule has 1 aromatic carbocycles. The van der Waals surface area contributed by atoms with E-state index in [2.05, 4.69) is 52.4 Å². The first kappa shape index (κ1) is 15.7. The van der Waals surface area contributed by atoms with Gasteiger partial charge >= 0.3 is 0 Å². The smallest absolute Gasteiger partial charge is 0.226 e. The summed E-state index contributed by atoms with van der Waals surface area (Å²) in [7, 11) is 0. The van der Waals surface area contributed by atoms with Gasteiger partial charge in [-0.3, -0.25) is 4.79 Å². The van der Waals surface area contributed by atoms with Crippen molar-refractivity contribution in [2.75, 3.05) is 6.54 Å². The molecule has 0 radical (unpaired) electrons. The largest absolute Gasteiger partial charge is 0.355 e. The molecule has 1 amide bonds. The minimum Gasteiger partial charge on any atom is -0.355 e. The summed E-state index contributed by atoms with van der Waals surface area (Å²) in [6.07, 6.45) is 7.17. The lowest BCUT2D eigenvalue weighted by atomic mass is 9.49. The standard InChI is InChI=1S/C20H26BrNO/c1-14(17-5-3-2-4-6-17)12-22-18(23)19-8-15-7-16(9-19)11-20(21,10-15)13-19/h2-6,14-16H,7-13H2,1H3,(H,22,23). The van der Waals surface area contributed by atoms with Gasteiger partial charge in [0.15, 0.2) is 0 Å². The van der Waals surface area contributed by atoms with Crippen molar-refractivity contribution in [2.45, 2.75) is 55.7 Å². The van der Waals surface area contributed by atoms with E-state index < -0.39 is 0 Å². The van der Waals surface area contributed by atoms with Crippen molar-refractivity contribution in [3.05, 3.63) is 35.9 Å². The Bertz CT molecular complexity index is 585. The second-order valence-corrected chi connectivity index (χ2v) is 10.1. The number of carbonyl (C=O) groups excluding carboxylic acids is 1. The van der Waals surface area contributed by atoms with E-state index in [9.17, 15) is 4.79 Å². The van der Waals surface area contributed by atoms with E-state index in [-0.39, 0.29) is 9.74 Å². The number of benzene rings is 1. The summed E-state index contributed by atoms with van der Waals surface area (Å²) in [5.41, 5.74) is 1.21. The molecule has 2 nitrogen and oxygen atoms in total. The zero-order valence-electron chi connectivity index (χ0n) is 13.9. The predicted molar refractivity (Wildman–Crippen MR) is 96.6 cm³/mol. The number of rotatable bonds is 4. The maximum atomic E-state index is 13.0. The van der Waals surface area contributed by atoms with Crippen molar-refractivity contribution in [3.63, 3.8) is 0 Å². The monoisotopic (exact) mass is 375 g/mol. The van der Waals surface area contributed by atoms with Gasteiger partial charge in [0.05, 0.1) is 5.41 Å². The van der Waals surface area contributed by atoms with Gasteiger partial charge in [0.1, 0.15) is 0 Å². The Labute approximate surface area is 147 Å². The van der Waals surface area contributed by atoms with Gasteiger partial charge in [-0.15, -0.1) is 0 Å². The van der Waals surface area contributed by atoms with E-state index in [1.807, 2.05) is 6.07 Å². The van der Waals surface area contributed by atoms with Crippen LogP contribution in [-0.4, -0.2) is 16.8 Å². The Balaban J connectivity index is 1.43. The molecule has 0 aliphatic heterocycles. The van der Waals surface area contributed by atoms with Gasteiger partial charge < -0.3 is 5.32 Å². The molecule has 124 valence electrons. The number of hydrogen-bond acceptors (Lipinski definition) is 1. The Kier molecular flexibility index (Phi) is 3.83. The van der Waals surface area contributed by atoms with Gasteiger partial charge in [-0.25, -0.2) is 0 Å². The quantitative estimate of drug-likeness (QED) is 0.762. The lowest BCUT2D eigenvalue weighted by molar-refractivity contribution is -0.144. The third-order valence-corrected chi connectivity index (χ3v) is 7.34. The van der Waals surface area contributed by atoms with Crippen molar-refractivity contribution in [1.82, 2.24) is 5.32 Å². The minimum absolute atomic E-state index is 0.0933. The summed E-state index contributed by atoms with van der Waals surface area (Å²) in [6, 6.07) is 10.5. The fourth-order valence-corrected chi connectivity index (χ4v) is 7.20. The lowest BCUT2D eigenvalue weighted by Gasteiger charge is -2.59. The minimum atomic E-state index is -0.0933. The zero-order chi connectivity index (χ0) is 16.1. The first-order valence-corrected chi connectivity index (χ1v) is 9.80. The average molecular weight is 376 g/mol. The molecular weight excluding hydrogens is 350 g/mol. The highest BCUT2D eigenvalue weighted by molar-refractivity contribution is 9.10. The van der Waals surface area contributed by atoms with Crippen molar-refractivity contribution in [1.29, 1.82) is 0 Å². The van der Waals surface area contributed by atoms with Crippen LogP contribution in [0.5, 0.6) is 0 Å². The number of alkyl halides is 1. The van der Waals surface area contributed by atoms with Crippen LogP contribution in [0.2, 0.25) is 0 Å². The molecule has 1 aromatic rings. The highest BCUT2D eigenvalue weighted by Gasteiger charge is 2.59. The van der Waals surface area contributed by atoms with Crippen LogP contribution in [-0.2, 0) is 4.79 Å². The van der Waals surface area contributed by atoms with Crippen molar-refractivity contribution in [3.8, 4) is 0 Å². The molecule has 4 bridgehead atoms. The van der Waals surface area contributed by atoms with Gasteiger partial charge in [-0.2, -0.15) is 0 Å². The van der Waals surface area contributed by atoms with Crippen molar-refractivity contribution < 1.29 is 4.79 Å². The van der Waals surface area contributed by atoms with Crippen LogP contribution in [0.3, 0.4) is 0 Å². The van der Waals surface area contributed by atoms with Crippen LogP contribution >= 0.6 is 15.9 Å².